The summed E-state index contributed by atoms with van der Waals surface area (Å²) in [6.45, 7) is 2.22. The van der Waals surface area contributed by atoms with Crippen LogP contribution in [-0.2, 0) is 6.61 Å². The first-order valence-corrected chi connectivity index (χ1v) is 9.29. The Kier molecular flexibility index (Phi) is 5.38. The van der Waals surface area contributed by atoms with Crippen molar-refractivity contribution in [2.75, 3.05) is 0 Å². The smallest absolute Gasteiger partial charge is 0.307 e. The molecule has 3 aromatic carbocycles. The quantitative estimate of drug-likeness (QED) is 0.372. The third-order valence-electron chi connectivity index (χ3n) is 4.52. The summed E-state index contributed by atoms with van der Waals surface area (Å²) in [6, 6.07) is 25.3. The Hall–Kier alpha value is -3.86. The van der Waals surface area contributed by atoms with Gasteiger partial charge in [0.15, 0.2) is 5.76 Å². The summed E-state index contributed by atoms with van der Waals surface area (Å²) in [7, 11) is 0. The first kappa shape index (κ1) is 18.5. The van der Waals surface area contributed by atoms with Gasteiger partial charge in [-0.05, 0) is 47.5 Å². The number of hydrazone groups is 1. The second-order valence-electron chi connectivity index (χ2n) is 6.57. The number of carbonyl (C=O) groups excluding carboxylic acids is 1. The van der Waals surface area contributed by atoms with Crippen LogP contribution in [0, 0.1) is 6.92 Å². The molecule has 0 spiro atoms. The Morgan fingerprint density at radius 3 is 2.66 bits per heavy atom. The third-order valence-corrected chi connectivity index (χ3v) is 4.52. The average Bonchev–Trinajstić information content (AvgIpc) is 3.19. The Balaban J connectivity index is 1.46. The Labute approximate surface area is 168 Å². The highest BCUT2D eigenvalue weighted by molar-refractivity contribution is 5.92. The van der Waals surface area contributed by atoms with E-state index in [9.17, 15) is 4.79 Å². The van der Waals surface area contributed by atoms with Gasteiger partial charge in [-0.15, -0.1) is 0 Å². The summed E-state index contributed by atoms with van der Waals surface area (Å²) >= 11 is 0. The number of benzene rings is 3. The van der Waals surface area contributed by atoms with Crippen molar-refractivity contribution in [2.24, 2.45) is 5.10 Å². The van der Waals surface area contributed by atoms with Gasteiger partial charge in [0.25, 0.3) is 0 Å². The molecule has 0 atom stereocenters. The van der Waals surface area contributed by atoms with Crippen molar-refractivity contribution in [2.45, 2.75) is 13.5 Å². The minimum absolute atomic E-state index is 0.222. The standard InChI is InChI=1S/C24H20N2O3/c1-17-13-14-23(29-17)24(27)26-25-15-19-8-3-5-12-22(19)28-16-20-10-6-9-18-7-2-4-11-21(18)20/h2-15H,16H2,1H3,(H,26,27)/b25-15+. The lowest BCUT2D eigenvalue weighted by Crippen LogP contribution is -2.16. The molecule has 4 aromatic rings. The Bertz CT molecular complexity index is 1170. The number of carbonyl (C=O) groups is 1. The van der Waals surface area contributed by atoms with Gasteiger partial charge in [0.1, 0.15) is 18.1 Å². The maximum Gasteiger partial charge on any atom is 0.307 e. The number of para-hydroxylation sites is 1. The molecule has 0 saturated carbocycles. The molecule has 29 heavy (non-hydrogen) atoms. The van der Waals surface area contributed by atoms with E-state index in [1.165, 1.54) is 10.8 Å². The Morgan fingerprint density at radius 2 is 1.79 bits per heavy atom. The highest BCUT2D eigenvalue weighted by Gasteiger charge is 2.09. The van der Waals surface area contributed by atoms with Gasteiger partial charge >= 0.3 is 5.91 Å². The highest BCUT2D eigenvalue weighted by atomic mass is 16.5. The molecule has 1 heterocycles. The molecular weight excluding hydrogens is 364 g/mol. The fourth-order valence-corrected chi connectivity index (χ4v) is 3.06. The summed E-state index contributed by atoms with van der Waals surface area (Å²) in [5.74, 6) is 1.18. The van der Waals surface area contributed by atoms with Crippen LogP contribution in [0.1, 0.15) is 27.4 Å². The number of furan rings is 1. The van der Waals surface area contributed by atoms with Gasteiger partial charge in [-0.25, -0.2) is 5.43 Å². The molecule has 0 aliphatic rings. The summed E-state index contributed by atoms with van der Waals surface area (Å²) in [4.78, 5) is 12.0. The van der Waals surface area contributed by atoms with E-state index >= 15 is 0 Å². The third kappa shape index (κ3) is 4.35. The molecule has 1 amide bonds. The number of amides is 1. The second kappa shape index (κ2) is 8.44. The lowest BCUT2D eigenvalue weighted by molar-refractivity contribution is 0.0926. The summed E-state index contributed by atoms with van der Waals surface area (Å²) in [5.41, 5.74) is 4.34. The van der Waals surface area contributed by atoms with Crippen molar-refractivity contribution in [1.29, 1.82) is 0 Å². The normalized spacial score (nSPS) is 11.1. The van der Waals surface area contributed by atoms with Crippen molar-refractivity contribution >= 4 is 22.9 Å². The number of rotatable bonds is 6. The maximum absolute atomic E-state index is 12.0. The predicted molar refractivity (Wildman–Crippen MR) is 113 cm³/mol. The van der Waals surface area contributed by atoms with Gasteiger partial charge < -0.3 is 9.15 Å². The maximum atomic E-state index is 12.0. The minimum atomic E-state index is -0.400. The van der Waals surface area contributed by atoms with E-state index in [-0.39, 0.29) is 5.76 Å². The van der Waals surface area contributed by atoms with Crippen LogP contribution in [-0.4, -0.2) is 12.1 Å². The van der Waals surface area contributed by atoms with Gasteiger partial charge in [-0.3, -0.25) is 4.79 Å². The Morgan fingerprint density at radius 1 is 1.00 bits per heavy atom. The van der Waals surface area contributed by atoms with Crippen molar-refractivity contribution in [3.8, 4) is 5.75 Å². The number of nitrogens with one attached hydrogen (secondary N) is 1. The zero-order valence-corrected chi connectivity index (χ0v) is 16.0. The fourth-order valence-electron chi connectivity index (χ4n) is 3.06. The second-order valence-corrected chi connectivity index (χ2v) is 6.57. The van der Waals surface area contributed by atoms with E-state index in [1.54, 1.807) is 25.3 Å². The zero-order valence-electron chi connectivity index (χ0n) is 16.0. The molecule has 5 heteroatoms. The number of hydrogen-bond donors (Lipinski definition) is 1. The van der Waals surface area contributed by atoms with Crippen LogP contribution in [0.4, 0.5) is 0 Å². The summed E-state index contributed by atoms with van der Waals surface area (Å²) in [5, 5.41) is 6.38. The molecule has 0 unspecified atom stereocenters. The lowest BCUT2D eigenvalue weighted by atomic mass is 10.1. The monoisotopic (exact) mass is 384 g/mol. The van der Waals surface area contributed by atoms with Crippen molar-refractivity contribution < 1.29 is 13.9 Å². The van der Waals surface area contributed by atoms with E-state index in [0.717, 1.165) is 11.1 Å². The molecule has 0 bridgehead atoms. The molecule has 4 rings (SSSR count). The number of nitrogens with zero attached hydrogens (tertiary/aromatic N) is 1. The largest absolute Gasteiger partial charge is 0.488 e. The van der Waals surface area contributed by atoms with E-state index in [4.69, 9.17) is 9.15 Å². The number of fused-ring (bicyclic) bond motifs is 1. The van der Waals surface area contributed by atoms with Crippen LogP contribution in [0.2, 0.25) is 0 Å². The predicted octanol–water partition coefficient (Wildman–Crippen LogP) is 5.08. The molecule has 5 nitrogen and oxygen atoms in total. The average molecular weight is 384 g/mol. The first-order valence-electron chi connectivity index (χ1n) is 9.29. The minimum Gasteiger partial charge on any atom is -0.488 e. The molecule has 0 aliphatic carbocycles. The first-order chi connectivity index (χ1) is 14.2. The molecule has 144 valence electrons. The van der Waals surface area contributed by atoms with Crippen molar-refractivity contribution in [3.05, 3.63) is 102 Å². The van der Waals surface area contributed by atoms with Gasteiger partial charge in [-0.2, -0.15) is 5.10 Å². The molecule has 0 saturated heterocycles. The zero-order chi connectivity index (χ0) is 20.1. The van der Waals surface area contributed by atoms with Crippen LogP contribution >= 0.6 is 0 Å². The number of hydrogen-bond acceptors (Lipinski definition) is 4. The highest BCUT2D eigenvalue weighted by Crippen LogP contribution is 2.22. The topological polar surface area (TPSA) is 63.8 Å². The van der Waals surface area contributed by atoms with Crippen LogP contribution < -0.4 is 10.2 Å². The van der Waals surface area contributed by atoms with Crippen LogP contribution in [0.15, 0.2) is 88.4 Å². The molecular formula is C24H20N2O3. The SMILES string of the molecule is Cc1ccc(C(=O)N/N=C/c2ccccc2OCc2cccc3ccccc23)o1. The van der Waals surface area contributed by atoms with E-state index in [1.807, 2.05) is 42.5 Å². The van der Waals surface area contributed by atoms with Crippen molar-refractivity contribution in [3.63, 3.8) is 0 Å². The number of ether oxygens (including phenoxy) is 1. The van der Waals surface area contributed by atoms with Gasteiger partial charge in [0.2, 0.25) is 0 Å². The summed E-state index contributed by atoms with van der Waals surface area (Å²) in [6.07, 6.45) is 1.56. The van der Waals surface area contributed by atoms with Gasteiger partial charge in [0.05, 0.1) is 6.21 Å². The molecule has 0 radical (unpaired) electrons. The number of aryl methyl sites for hydroxylation is 1. The lowest BCUT2D eigenvalue weighted by Gasteiger charge is -2.11. The fraction of sp³-hybridized carbons (Fsp3) is 0.0833. The molecule has 0 aliphatic heterocycles. The van der Waals surface area contributed by atoms with E-state index in [0.29, 0.717) is 18.1 Å². The van der Waals surface area contributed by atoms with Gasteiger partial charge in [-0.1, -0.05) is 54.6 Å². The summed E-state index contributed by atoms with van der Waals surface area (Å²) < 4.78 is 11.3. The molecule has 1 aromatic heterocycles. The van der Waals surface area contributed by atoms with Crippen LogP contribution in [0.3, 0.4) is 0 Å². The van der Waals surface area contributed by atoms with Crippen molar-refractivity contribution in [1.82, 2.24) is 5.43 Å². The van der Waals surface area contributed by atoms with E-state index in [2.05, 4.69) is 34.8 Å². The molecule has 0 fully saturated rings. The van der Waals surface area contributed by atoms with Crippen LogP contribution in [0.25, 0.3) is 10.8 Å². The molecule has 1 N–H and O–H groups in total. The van der Waals surface area contributed by atoms with Crippen LogP contribution in [0.5, 0.6) is 5.75 Å². The van der Waals surface area contributed by atoms with E-state index < -0.39 is 5.91 Å². The van der Waals surface area contributed by atoms with Gasteiger partial charge in [0, 0.05) is 5.56 Å².